The van der Waals surface area contributed by atoms with Crippen LogP contribution < -0.4 is 5.73 Å². The second-order valence-corrected chi connectivity index (χ2v) is 3.42. The van der Waals surface area contributed by atoms with Crippen LogP contribution in [0.5, 0.6) is 0 Å². The number of nitrogens with two attached hydrogens (primary N) is 1. The summed E-state index contributed by atoms with van der Waals surface area (Å²) in [4.78, 5) is 0. The number of hydrogen-bond acceptors (Lipinski definition) is 1. The van der Waals surface area contributed by atoms with Crippen LogP contribution in [-0.2, 0) is 6.42 Å². The predicted molar refractivity (Wildman–Crippen MR) is 53.4 cm³/mol. The molecule has 0 spiro atoms. The smallest absolute Gasteiger partial charge is 0.263 e. The molecule has 0 heterocycles. The number of benzene rings is 1. The van der Waals surface area contributed by atoms with Gasteiger partial charge < -0.3 is 5.73 Å². The summed E-state index contributed by atoms with van der Waals surface area (Å²) in [6.07, 6.45) is -0.872. The lowest BCUT2D eigenvalue weighted by atomic mass is 10.0. The van der Waals surface area contributed by atoms with Gasteiger partial charge in [0.15, 0.2) is 0 Å². The molecule has 0 fully saturated rings. The Morgan fingerprint density at radius 2 is 2.07 bits per heavy atom. The van der Waals surface area contributed by atoms with Crippen molar-refractivity contribution in [3.8, 4) is 0 Å². The van der Waals surface area contributed by atoms with Gasteiger partial charge in [0, 0.05) is 11.6 Å². The van der Waals surface area contributed by atoms with E-state index in [4.69, 9.17) is 5.73 Å². The SMILES string of the molecule is CCC(N)Cc1cccc(C(F)F)c1. The van der Waals surface area contributed by atoms with Crippen molar-refractivity contribution in [2.24, 2.45) is 5.73 Å². The zero-order chi connectivity index (χ0) is 10.6. The van der Waals surface area contributed by atoms with Crippen molar-refractivity contribution >= 4 is 0 Å². The monoisotopic (exact) mass is 199 g/mol. The van der Waals surface area contributed by atoms with Gasteiger partial charge in [-0.15, -0.1) is 0 Å². The standard InChI is InChI=1S/C11H15F2N/c1-2-10(14)7-8-4-3-5-9(6-8)11(12)13/h3-6,10-11H,2,7,14H2,1H3. The molecule has 14 heavy (non-hydrogen) atoms. The fourth-order valence-electron chi connectivity index (χ4n) is 1.30. The third-order valence-corrected chi connectivity index (χ3v) is 2.23. The summed E-state index contributed by atoms with van der Waals surface area (Å²) in [5.74, 6) is 0. The van der Waals surface area contributed by atoms with Crippen molar-refractivity contribution in [2.45, 2.75) is 32.2 Å². The summed E-state index contributed by atoms with van der Waals surface area (Å²) >= 11 is 0. The van der Waals surface area contributed by atoms with E-state index in [1.807, 2.05) is 13.0 Å². The van der Waals surface area contributed by atoms with Crippen LogP contribution in [0.2, 0.25) is 0 Å². The van der Waals surface area contributed by atoms with Crippen molar-refractivity contribution < 1.29 is 8.78 Å². The van der Waals surface area contributed by atoms with Crippen LogP contribution in [0.1, 0.15) is 30.9 Å². The normalized spacial score (nSPS) is 13.2. The van der Waals surface area contributed by atoms with E-state index in [0.29, 0.717) is 6.42 Å². The minimum Gasteiger partial charge on any atom is -0.327 e. The molecule has 0 aromatic heterocycles. The Bertz CT molecular complexity index is 286. The van der Waals surface area contributed by atoms with Gasteiger partial charge in [-0.25, -0.2) is 8.78 Å². The van der Waals surface area contributed by atoms with Gasteiger partial charge in [-0.3, -0.25) is 0 Å². The van der Waals surface area contributed by atoms with Crippen LogP contribution in [-0.4, -0.2) is 6.04 Å². The summed E-state index contributed by atoms with van der Waals surface area (Å²) in [7, 11) is 0. The second-order valence-electron chi connectivity index (χ2n) is 3.42. The fourth-order valence-corrected chi connectivity index (χ4v) is 1.30. The molecular weight excluding hydrogens is 184 g/mol. The first kappa shape index (κ1) is 11.1. The Balaban J connectivity index is 2.73. The van der Waals surface area contributed by atoms with E-state index in [-0.39, 0.29) is 11.6 Å². The number of hydrogen-bond donors (Lipinski definition) is 1. The molecule has 0 amide bonds. The van der Waals surface area contributed by atoms with Crippen molar-refractivity contribution in [1.29, 1.82) is 0 Å². The Morgan fingerprint density at radius 3 is 2.64 bits per heavy atom. The molecule has 0 aliphatic heterocycles. The minimum absolute atomic E-state index is 0.0583. The van der Waals surface area contributed by atoms with E-state index in [1.165, 1.54) is 12.1 Å². The number of alkyl halides is 2. The zero-order valence-electron chi connectivity index (χ0n) is 8.21. The molecule has 0 radical (unpaired) electrons. The summed E-state index contributed by atoms with van der Waals surface area (Å²) in [5, 5.41) is 0. The molecule has 0 aliphatic rings. The summed E-state index contributed by atoms with van der Waals surface area (Å²) in [5.41, 5.74) is 6.70. The highest BCUT2D eigenvalue weighted by Crippen LogP contribution is 2.19. The lowest BCUT2D eigenvalue weighted by molar-refractivity contribution is 0.151. The fraction of sp³-hybridized carbons (Fsp3) is 0.455. The summed E-state index contributed by atoms with van der Waals surface area (Å²) < 4.78 is 24.7. The molecule has 1 aromatic rings. The first-order valence-electron chi connectivity index (χ1n) is 4.76. The third kappa shape index (κ3) is 3.07. The molecule has 1 unspecified atom stereocenters. The van der Waals surface area contributed by atoms with Crippen LogP contribution in [0.4, 0.5) is 8.78 Å². The quantitative estimate of drug-likeness (QED) is 0.792. The van der Waals surface area contributed by atoms with E-state index in [9.17, 15) is 8.78 Å². The highest BCUT2D eigenvalue weighted by molar-refractivity contribution is 5.24. The maximum atomic E-state index is 12.3. The molecule has 0 saturated heterocycles. The molecule has 1 rings (SSSR count). The van der Waals surface area contributed by atoms with Crippen LogP contribution in [0.3, 0.4) is 0 Å². The molecule has 1 nitrogen and oxygen atoms in total. The van der Waals surface area contributed by atoms with E-state index in [1.54, 1.807) is 6.07 Å². The van der Waals surface area contributed by atoms with Crippen molar-refractivity contribution in [3.05, 3.63) is 35.4 Å². The van der Waals surface area contributed by atoms with Crippen molar-refractivity contribution in [3.63, 3.8) is 0 Å². The molecule has 78 valence electrons. The lowest BCUT2D eigenvalue weighted by Crippen LogP contribution is -2.21. The first-order valence-corrected chi connectivity index (χ1v) is 4.76. The Kier molecular flexibility index (Phi) is 4.01. The van der Waals surface area contributed by atoms with Gasteiger partial charge in [0.2, 0.25) is 0 Å². The van der Waals surface area contributed by atoms with Gasteiger partial charge in [-0.05, 0) is 18.4 Å². The highest BCUT2D eigenvalue weighted by Gasteiger charge is 2.08. The van der Waals surface area contributed by atoms with Gasteiger partial charge >= 0.3 is 0 Å². The average molecular weight is 199 g/mol. The van der Waals surface area contributed by atoms with E-state index < -0.39 is 6.43 Å². The summed E-state index contributed by atoms with van der Waals surface area (Å²) in [6, 6.07) is 6.51. The van der Waals surface area contributed by atoms with E-state index >= 15 is 0 Å². The van der Waals surface area contributed by atoms with Crippen LogP contribution in [0.25, 0.3) is 0 Å². The predicted octanol–water partition coefficient (Wildman–Crippen LogP) is 2.90. The zero-order valence-corrected chi connectivity index (χ0v) is 8.21. The Labute approximate surface area is 82.9 Å². The minimum atomic E-state index is -2.40. The molecule has 2 N–H and O–H groups in total. The van der Waals surface area contributed by atoms with Gasteiger partial charge in [0.05, 0.1) is 0 Å². The van der Waals surface area contributed by atoms with E-state index in [2.05, 4.69) is 0 Å². The van der Waals surface area contributed by atoms with Gasteiger partial charge in [0.1, 0.15) is 0 Å². The molecular formula is C11H15F2N. The average Bonchev–Trinajstić information content (AvgIpc) is 2.18. The first-order chi connectivity index (χ1) is 6.63. The van der Waals surface area contributed by atoms with Gasteiger partial charge in [0.25, 0.3) is 6.43 Å². The lowest BCUT2D eigenvalue weighted by Gasteiger charge is -2.09. The van der Waals surface area contributed by atoms with Gasteiger partial charge in [-0.1, -0.05) is 31.2 Å². The molecule has 3 heteroatoms. The maximum absolute atomic E-state index is 12.3. The topological polar surface area (TPSA) is 26.0 Å². The second kappa shape index (κ2) is 5.05. The van der Waals surface area contributed by atoms with Crippen molar-refractivity contribution in [1.82, 2.24) is 0 Å². The third-order valence-electron chi connectivity index (χ3n) is 2.23. The number of rotatable bonds is 4. The van der Waals surface area contributed by atoms with Crippen molar-refractivity contribution in [2.75, 3.05) is 0 Å². The molecule has 0 aliphatic carbocycles. The molecule has 0 bridgehead atoms. The van der Waals surface area contributed by atoms with Crippen LogP contribution >= 0.6 is 0 Å². The Hall–Kier alpha value is -0.960. The van der Waals surface area contributed by atoms with E-state index in [0.717, 1.165) is 12.0 Å². The summed E-state index contributed by atoms with van der Waals surface area (Å²) in [6.45, 7) is 1.99. The van der Waals surface area contributed by atoms with Crippen LogP contribution in [0, 0.1) is 0 Å². The molecule has 0 saturated carbocycles. The maximum Gasteiger partial charge on any atom is 0.263 e. The van der Waals surface area contributed by atoms with Gasteiger partial charge in [-0.2, -0.15) is 0 Å². The highest BCUT2D eigenvalue weighted by atomic mass is 19.3. The Morgan fingerprint density at radius 1 is 1.36 bits per heavy atom. The van der Waals surface area contributed by atoms with Crippen LogP contribution in [0.15, 0.2) is 24.3 Å². The largest absolute Gasteiger partial charge is 0.327 e. The molecule has 1 atom stereocenters. The number of halogens is 2. The molecule has 1 aromatic carbocycles.